The van der Waals surface area contributed by atoms with Crippen LogP contribution in [0.2, 0.25) is 5.04 Å². The van der Waals surface area contributed by atoms with Gasteiger partial charge in [-0.3, -0.25) is 0 Å². The summed E-state index contributed by atoms with van der Waals surface area (Å²) in [6.45, 7) is 7.22. The third kappa shape index (κ3) is 5.32. The number of rotatable bonds is 9. The van der Waals surface area contributed by atoms with Gasteiger partial charge in [-0.15, -0.1) is 0 Å². The summed E-state index contributed by atoms with van der Waals surface area (Å²) >= 11 is 2.19. The number of pyridine rings is 1. The van der Waals surface area contributed by atoms with E-state index in [9.17, 15) is 4.79 Å². The van der Waals surface area contributed by atoms with Gasteiger partial charge in [0.2, 0.25) is 0 Å². The van der Waals surface area contributed by atoms with E-state index in [4.69, 9.17) is 15.2 Å². The van der Waals surface area contributed by atoms with E-state index in [1.165, 1.54) is 10.4 Å². The zero-order chi connectivity index (χ0) is 25.8. The van der Waals surface area contributed by atoms with Crippen LogP contribution in [0.5, 0.6) is 0 Å². The first-order valence-corrected chi connectivity index (χ1v) is 15.1. The lowest BCUT2D eigenvalue weighted by Gasteiger charge is -2.44. The molecule has 0 fully saturated rings. The number of fused-ring (bicyclic) bond motifs is 1. The van der Waals surface area contributed by atoms with E-state index in [-0.39, 0.29) is 17.7 Å². The van der Waals surface area contributed by atoms with E-state index in [2.05, 4.69) is 102 Å². The molecule has 0 saturated heterocycles. The molecule has 2 aromatic carbocycles. The van der Waals surface area contributed by atoms with Crippen LogP contribution in [0.3, 0.4) is 0 Å². The van der Waals surface area contributed by atoms with Crippen molar-refractivity contribution < 1.29 is 14.3 Å². The predicted octanol–water partition coefficient (Wildman–Crippen LogP) is 4.29. The maximum absolute atomic E-state index is 11.5. The summed E-state index contributed by atoms with van der Waals surface area (Å²) in [5.41, 5.74) is 6.02. The van der Waals surface area contributed by atoms with Crippen molar-refractivity contribution in [2.75, 3.05) is 19.4 Å². The van der Waals surface area contributed by atoms with Crippen LogP contribution < -0.4 is 16.1 Å². The van der Waals surface area contributed by atoms with Crippen LogP contribution in [0.25, 0.3) is 11.0 Å². The van der Waals surface area contributed by atoms with Gasteiger partial charge in [-0.05, 0) is 39.8 Å². The average molecular weight is 615 g/mol. The Morgan fingerprint density at radius 1 is 1.00 bits per heavy atom. The van der Waals surface area contributed by atoms with Crippen molar-refractivity contribution in [3.8, 4) is 0 Å². The molecule has 2 aromatic heterocycles. The third-order valence-electron chi connectivity index (χ3n) is 6.63. The lowest BCUT2D eigenvalue weighted by atomic mass is 10.2. The molecule has 4 aromatic rings. The van der Waals surface area contributed by atoms with Crippen LogP contribution in [-0.4, -0.2) is 48.4 Å². The van der Waals surface area contributed by atoms with Crippen LogP contribution in [0.4, 0.5) is 4.79 Å². The van der Waals surface area contributed by atoms with Gasteiger partial charge < -0.3 is 15.2 Å². The first kappa shape index (κ1) is 26.3. The van der Waals surface area contributed by atoms with Crippen molar-refractivity contribution in [3.63, 3.8) is 0 Å². The Labute approximate surface area is 226 Å². The Kier molecular flexibility index (Phi) is 8.11. The van der Waals surface area contributed by atoms with Crippen molar-refractivity contribution in [1.29, 1.82) is 0 Å². The summed E-state index contributed by atoms with van der Waals surface area (Å²) in [5.74, 6) is 0. The SMILES string of the molecule is CC(C)(C)[Si](COCC(COC(N)=O)n1nc(I)c2cccnc21)(c1ccccc1)c1ccccc1. The van der Waals surface area contributed by atoms with Gasteiger partial charge in [0.25, 0.3) is 0 Å². The predicted molar refractivity (Wildman–Crippen MR) is 153 cm³/mol. The Morgan fingerprint density at radius 2 is 1.61 bits per heavy atom. The number of carbonyl (C=O) groups excluding carboxylic acids is 1. The number of benzene rings is 2. The van der Waals surface area contributed by atoms with Crippen LogP contribution in [-0.2, 0) is 9.47 Å². The summed E-state index contributed by atoms with van der Waals surface area (Å²) in [6, 6.07) is 24.8. The molecule has 1 atom stereocenters. The molecule has 0 radical (unpaired) electrons. The highest BCUT2D eigenvalue weighted by Crippen LogP contribution is 2.36. The van der Waals surface area contributed by atoms with E-state index in [0.29, 0.717) is 18.5 Å². The first-order valence-electron chi connectivity index (χ1n) is 11.8. The molecule has 0 aliphatic carbocycles. The molecule has 7 nitrogen and oxygen atoms in total. The van der Waals surface area contributed by atoms with E-state index >= 15 is 0 Å². The minimum Gasteiger partial charge on any atom is -0.447 e. The number of halogens is 1. The van der Waals surface area contributed by atoms with Gasteiger partial charge in [-0.1, -0.05) is 91.8 Å². The molecular weight excluding hydrogens is 583 g/mol. The molecule has 0 aliphatic heterocycles. The fourth-order valence-corrected chi connectivity index (χ4v) is 10.2. The normalized spacial score (nSPS) is 13.0. The van der Waals surface area contributed by atoms with Gasteiger partial charge in [0.05, 0.1) is 12.0 Å². The molecule has 2 heterocycles. The van der Waals surface area contributed by atoms with Crippen molar-refractivity contribution in [2.45, 2.75) is 31.9 Å². The minimum absolute atomic E-state index is 0.0374. The molecule has 36 heavy (non-hydrogen) atoms. The monoisotopic (exact) mass is 614 g/mol. The highest BCUT2D eigenvalue weighted by Gasteiger charge is 2.48. The Bertz CT molecular complexity index is 1270. The van der Waals surface area contributed by atoms with Crippen molar-refractivity contribution in [2.24, 2.45) is 5.73 Å². The van der Waals surface area contributed by atoms with E-state index < -0.39 is 14.2 Å². The molecule has 0 saturated carbocycles. The summed E-state index contributed by atoms with van der Waals surface area (Å²) in [5, 5.41) is 8.22. The van der Waals surface area contributed by atoms with Gasteiger partial charge in [0.15, 0.2) is 5.65 Å². The number of ether oxygens (including phenoxy) is 2. The minimum atomic E-state index is -2.41. The number of hydrogen-bond donors (Lipinski definition) is 1. The third-order valence-corrected chi connectivity index (χ3v) is 13.3. The number of aromatic nitrogens is 3. The Hall–Kier alpha value is -2.76. The zero-order valence-corrected chi connectivity index (χ0v) is 23.9. The van der Waals surface area contributed by atoms with Crippen LogP contribution >= 0.6 is 22.6 Å². The van der Waals surface area contributed by atoms with E-state index in [0.717, 1.165) is 9.09 Å². The van der Waals surface area contributed by atoms with Gasteiger partial charge in [-0.2, -0.15) is 5.10 Å². The van der Waals surface area contributed by atoms with E-state index in [1.54, 1.807) is 10.9 Å². The molecule has 0 aliphatic rings. The van der Waals surface area contributed by atoms with E-state index in [1.807, 2.05) is 24.3 Å². The summed E-state index contributed by atoms with van der Waals surface area (Å²) in [6.07, 6.45) is 1.46. The second kappa shape index (κ2) is 11.1. The highest BCUT2D eigenvalue weighted by molar-refractivity contribution is 14.1. The standard InChI is InChI=1S/C27H31IN4O3Si/c1-27(2,3)36(21-11-6-4-7-12-21,22-13-8-5-9-14-22)19-34-17-20(18-35-26(29)33)32-25-23(24(28)31-32)15-10-16-30-25/h4-16,20H,17-19H2,1-3H3,(H2,29,33). The summed E-state index contributed by atoms with van der Waals surface area (Å²) in [4.78, 5) is 16.0. The lowest BCUT2D eigenvalue weighted by Crippen LogP contribution is -2.67. The Morgan fingerprint density at radius 3 is 2.17 bits per heavy atom. The van der Waals surface area contributed by atoms with Crippen LogP contribution in [0.15, 0.2) is 79.0 Å². The Balaban J connectivity index is 1.69. The van der Waals surface area contributed by atoms with Crippen molar-refractivity contribution in [3.05, 3.63) is 82.7 Å². The smallest absolute Gasteiger partial charge is 0.404 e. The second-order valence-corrected chi connectivity index (χ2v) is 15.6. The topological polar surface area (TPSA) is 92.3 Å². The molecule has 1 unspecified atom stereocenters. The van der Waals surface area contributed by atoms with Gasteiger partial charge in [0.1, 0.15) is 24.4 Å². The molecule has 1 amide bonds. The lowest BCUT2D eigenvalue weighted by molar-refractivity contribution is 0.0809. The molecule has 9 heteroatoms. The molecule has 188 valence electrons. The first-order chi connectivity index (χ1) is 17.2. The molecule has 4 rings (SSSR count). The zero-order valence-electron chi connectivity index (χ0n) is 20.7. The van der Waals surface area contributed by atoms with Crippen LogP contribution in [0.1, 0.15) is 26.8 Å². The average Bonchev–Trinajstić information content (AvgIpc) is 3.20. The number of primary amides is 1. The highest BCUT2D eigenvalue weighted by atomic mass is 127. The second-order valence-electron chi connectivity index (χ2n) is 9.80. The molecule has 0 bridgehead atoms. The quantitative estimate of drug-likeness (QED) is 0.225. The van der Waals surface area contributed by atoms with Gasteiger partial charge in [0, 0.05) is 12.4 Å². The van der Waals surface area contributed by atoms with Crippen molar-refractivity contribution >= 4 is 58.2 Å². The van der Waals surface area contributed by atoms with Gasteiger partial charge in [-0.25, -0.2) is 14.5 Å². The number of nitrogens with two attached hydrogens (primary N) is 1. The summed E-state index contributed by atoms with van der Waals surface area (Å²) in [7, 11) is -2.41. The fraction of sp³-hybridized carbons (Fsp3) is 0.296. The maximum Gasteiger partial charge on any atom is 0.404 e. The number of hydrogen-bond acceptors (Lipinski definition) is 5. The fourth-order valence-electron chi connectivity index (χ4n) is 4.77. The summed E-state index contributed by atoms with van der Waals surface area (Å²) < 4.78 is 14.4. The van der Waals surface area contributed by atoms with Crippen molar-refractivity contribution in [1.82, 2.24) is 14.8 Å². The molecule has 2 N–H and O–H groups in total. The number of amides is 1. The molecule has 0 spiro atoms. The largest absolute Gasteiger partial charge is 0.447 e. The number of nitrogens with zero attached hydrogens (tertiary/aromatic N) is 3. The number of carbonyl (C=O) groups is 1. The van der Waals surface area contributed by atoms with Gasteiger partial charge >= 0.3 is 6.09 Å². The maximum atomic E-state index is 11.5. The van der Waals surface area contributed by atoms with Crippen LogP contribution in [0, 0.1) is 3.70 Å². The molecular formula is C27H31IN4O3Si.